The molecule has 0 aliphatic heterocycles. The summed E-state index contributed by atoms with van der Waals surface area (Å²) in [6, 6.07) is 1.72. The lowest BCUT2D eigenvalue weighted by molar-refractivity contribution is 0.498. The first-order chi connectivity index (χ1) is 8.15. The van der Waals surface area contributed by atoms with E-state index in [0.717, 1.165) is 42.5 Å². The maximum Gasteiger partial charge on any atom is 0.127 e. The standard InChI is InChI=1S/C14H19ClFN/c1-3-17-13-7-5-4-6-10-11(15)8-12(16)9(2)14(10)13/h8,13,17H,3-7H2,1-2H3. The van der Waals surface area contributed by atoms with Gasteiger partial charge in [0.05, 0.1) is 0 Å². The molecule has 1 N–H and O–H groups in total. The second-order valence-electron chi connectivity index (χ2n) is 4.71. The van der Waals surface area contributed by atoms with Crippen molar-refractivity contribution in [1.82, 2.24) is 5.32 Å². The van der Waals surface area contributed by atoms with Crippen molar-refractivity contribution >= 4 is 11.6 Å². The summed E-state index contributed by atoms with van der Waals surface area (Å²) in [5.74, 6) is -0.182. The van der Waals surface area contributed by atoms with Crippen molar-refractivity contribution < 1.29 is 4.39 Å². The van der Waals surface area contributed by atoms with E-state index in [1.807, 2.05) is 6.92 Å². The summed E-state index contributed by atoms with van der Waals surface area (Å²) in [6.07, 6.45) is 4.35. The fraction of sp³-hybridized carbons (Fsp3) is 0.571. The van der Waals surface area contributed by atoms with Crippen LogP contribution in [0.5, 0.6) is 0 Å². The molecule has 94 valence electrons. The molecule has 3 heteroatoms. The molecular formula is C14H19ClFN. The fourth-order valence-electron chi connectivity index (χ4n) is 2.76. The Morgan fingerprint density at radius 1 is 1.47 bits per heavy atom. The number of halogens is 2. The van der Waals surface area contributed by atoms with Gasteiger partial charge in [-0.1, -0.05) is 24.9 Å². The third-order valence-electron chi connectivity index (χ3n) is 3.60. The van der Waals surface area contributed by atoms with Gasteiger partial charge in [0.25, 0.3) is 0 Å². The zero-order valence-corrected chi connectivity index (χ0v) is 11.2. The lowest BCUT2D eigenvalue weighted by Gasteiger charge is -2.22. The predicted octanol–water partition coefficient (Wildman–Crippen LogP) is 4.16. The minimum atomic E-state index is -0.182. The van der Waals surface area contributed by atoms with E-state index in [-0.39, 0.29) is 11.9 Å². The van der Waals surface area contributed by atoms with Crippen LogP contribution in [0.4, 0.5) is 4.39 Å². The molecule has 0 fully saturated rings. The van der Waals surface area contributed by atoms with Gasteiger partial charge in [0.1, 0.15) is 5.82 Å². The molecule has 1 aromatic rings. The number of hydrogen-bond acceptors (Lipinski definition) is 1. The van der Waals surface area contributed by atoms with Crippen molar-refractivity contribution in [3.8, 4) is 0 Å². The summed E-state index contributed by atoms with van der Waals surface area (Å²) >= 11 is 6.19. The van der Waals surface area contributed by atoms with Gasteiger partial charge in [-0.2, -0.15) is 0 Å². The number of hydrogen-bond donors (Lipinski definition) is 1. The first-order valence-corrected chi connectivity index (χ1v) is 6.73. The van der Waals surface area contributed by atoms with Gasteiger partial charge in [0, 0.05) is 11.1 Å². The molecule has 0 saturated heterocycles. The zero-order chi connectivity index (χ0) is 12.4. The van der Waals surface area contributed by atoms with Crippen molar-refractivity contribution in [2.24, 2.45) is 0 Å². The Balaban J connectivity index is 2.54. The molecule has 0 amide bonds. The molecule has 0 radical (unpaired) electrons. The summed E-state index contributed by atoms with van der Waals surface area (Å²) in [7, 11) is 0. The predicted molar refractivity (Wildman–Crippen MR) is 70.1 cm³/mol. The fourth-order valence-corrected chi connectivity index (χ4v) is 3.05. The Morgan fingerprint density at radius 3 is 2.94 bits per heavy atom. The second-order valence-corrected chi connectivity index (χ2v) is 5.12. The molecule has 2 rings (SSSR count). The number of benzene rings is 1. The van der Waals surface area contributed by atoms with E-state index in [0.29, 0.717) is 5.02 Å². The third-order valence-corrected chi connectivity index (χ3v) is 3.93. The van der Waals surface area contributed by atoms with Crippen LogP contribution in [0.2, 0.25) is 5.02 Å². The van der Waals surface area contributed by atoms with Crippen LogP contribution >= 0.6 is 11.6 Å². The molecule has 1 aliphatic rings. The van der Waals surface area contributed by atoms with Gasteiger partial charge in [-0.05, 0) is 55.5 Å². The maximum atomic E-state index is 13.8. The van der Waals surface area contributed by atoms with Gasteiger partial charge in [0.2, 0.25) is 0 Å². The number of nitrogens with one attached hydrogen (secondary N) is 1. The minimum absolute atomic E-state index is 0.182. The SMILES string of the molecule is CCNC1CCCCc2c(Cl)cc(F)c(C)c21. The van der Waals surface area contributed by atoms with Crippen LogP contribution in [0.15, 0.2) is 6.07 Å². The molecule has 1 nitrogen and oxygen atoms in total. The molecule has 0 bridgehead atoms. The van der Waals surface area contributed by atoms with Crippen LogP contribution in [0.1, 0.15) is 48.9 Å². The maximum absolute atomic E-state index is 13.8. The Bertz CT molecular complexity index is 417. The highest BCUT2D eigenvalue weighted by molar-refractivity contribution is 6.31. The largest absolute Gasteiger partial charge is 0.310 e. The highest BCUT2D eigenvalue weighted by atomic mass is 35.5. The molecule has 1 unspecified atom stereocenters. The number of rotatable bonds is 2. The first-order valence-electron chi connectivity index (χ1n) is 6.36. The molecule has 1 aromatic carbocycles. The van der Waals surface area contributed by atoms with Crippen molar-refractivity contribution in [3.05, 3.63) is 33.6 Å². The van der Waals surface area contributed by atoms with Gasteiger partial charge in [0.15, 0.2) is 0 Å². The van der Waals surface area contributed by atoms with E-state index in [4.69, 9.17) is 11.6 Å². The Morgan fingerprint density at radius 2 is 2.24 bits per heavy atom. The normalized spacial score (nSPS) is 19.9. The van der Waals surface area contributed by atoms with E-state index in [1.165, 1.54) is 12.5 Å². The van der Waals surface area contributed by atoms with E-state index >= 15 is 0 Å². The highest BCUT2D eigenvalue weighted by Gasteiger charge is 2.23. The van der Waals surface area contributed by atoms with E-state index in [9.17, 15) is 4.39 Å². The van der Waals surface area contributed by atoms with Crippen LogP contribution in [-0.4, -0.2) is 6.54 Å². The summed E-state index contributed by atoms with van der Waals surface area (Å²) in [6.45, 7) is 4.85. The summed E-state index contributed by atoms with van der Waals surface area (Å²) in [4.78, 5) is 0. The Labute approximate surface area is 107 Å². The van der Waals surface area contributed by atoms with Crippen molar-refractivity contribution in [3.63, 3.8) is 0 Å². The molecular weight excluding hydrogens is 237 g/mol. The molecule has 0 aromatic heterocycles. The van der Waals surface area contributed by atoms with Gasteiger partial charge >= 0.3 is 0 Å². The average Bonchev–Trinajstić information content (AvgIpc) is 2.50. The summed E-state index contributed by atoms with van der Waals surface area (Å²) < 4.78 is 13.8. The lowest BCUT2D eigenvalue weighted by atomic mass is 9.93. The van der Waals surface area contributed by atoms with E-state index in [2.05, 4.69) is 12.2 Å². The van der Waals surface area contributed by atoms with Crippen molar-refractivity contribution in [2.45, 2.75) is 45.6 Å². The first kappa shape index (κ1) is 12.8. The van der Waals surface area contributed by atoms with Crippen LogP contribution in [0.25, 0.3) is 0 Å². The number of fused-ring (bicyclic) bond motifs is 1. The highest BCUT2D eigenvalue weighted by Crippen LogP contribution is 2.36. The average molecular weight is 256 g/mol. The molecule has 0 saturated carbocycles. The quantitative estimate of drug-likeness (QED) is 0.783. The smallest absolute Gasteiger partial charge is 0.127 e. The van der Waals surface area contributed by atoms with Crippen LogP contribution in [0, 0.1) is 12.7 Å². The zero-order valence-electron chi connectivity index (χ0n) is 10.4. The van der Waals surface area contributed by atoms with Crippen molar-refractivity contribution in [2.75, 3.05) is 6.54 Å². The van der Waals surface area contributed by atoms with Gasteiger partial charge in [-0.25, -0.2) is 4.39 Å². The topological polar surface area (TPSA) is 12.0 Å². The van der Waals surface area contributed by atoms with Gasteiger partial charge < -0.3 is 5.32 Å². The molecule has 0 spiro atoms. The third kappa shape index (κ3) is 2.48. The van der Waals surface area contributed by atoms with E-state index < -0.39 is 0 Å². The van der Waals surface area contributed by atoms with E-state index in [1.54, 1.807) is 0 Å². The van der Waals surface area contributed by atoms with Gasteiger partial charge in [-0.3, -0.25) is 0 Å². The Hall–Kier alpha value is -0.600. The van der Waals surface area contributed by atoms with Crippen LogP contribution in [0.3, 0.4) is 0 Å². The van der Waals surface area contributed by atoms with Crippen LogP contribution in [-0.2, 0) is 6.42 Å². The Kier molecular flexibility index (Phi) is 4.05. The monoisotopic (exact) mass is 255 g/mol. The molecule has 0 heterocycles. The second kappa shape index (κ2) is 5.36. The molecule has 1 atom stereocenters. The van der Waals surface area contributed by atoms with Crippen molar-refractivity contribution in [1.29, 1.82) is 0 Å². The lowest BCUT2D eigenvalue weighted by Crippen LogP contribution is -2.22. The van der Waals surface area contributed by atoms with Gasteiger partial charge in [-0.15, -0.1) is 0 Å². The molecule has 17 heavy (non-hydrogen) atoms. The minimum Gasteiger partial charge on any atom is -0.310 e. The summed E-state index contributed by atoms with van der Waals surface area (Å²) in [5, 5.41) is 4.04. The van der Waals surface area contributed by atoms with Crippen LogP contribution < -0.4 is 5.32 Å². The summed E-state index contributed by atoms with van der Waals surface area (Å²) in [5.41, 5.74) is 3.01. The molecule has 1 aliphatic carbocycles.